The smallest absolute Gasteiger partial charge is 0.342 e. The van der Waals surface area contributed by atoms with Gasteiger partial charge in [-0.05, 0) is 31.9 Å². The summed E-state index contributed by atoms with van der Waals surface area (Å²) in [6, 6.07) is 3.09. The molecule has 5 N–H and O–H groups in total. The summed E-state index contributed by atoms with van der Waals surface area (Å²) in [7, 11) is -3.06. The van der Waals surface area contributed by atoms with E-state index < -0.39 is 56.1 Å². The number of carbonyl (C=O) groups is 2. The van der Waals surface area contributed by atoms with Gasteiger partial charge in [-0.15, -0.1) is 0 Å². The molecule has 3 heterocycles. The maximum Gasteiger partial charge on any atom is 0.342 e. The van der Waals surface area contributed by atoms with Gasteiger partial charge in [0.25, 0.3) is 0 Å². The van der Waals surface area contributed by atoms with Crippen molar-refractivity contribution in [2.24, 2.45) is 5.92 Å². The molecular formula is C25H38N7O8P. The first-order valence-corrected chi connectivity index (χ1v) is 14.9. The minimum absolute atomic E-state index is 0.182. The Balaban J connectivity index is 1.78. The highest BCUT2D eigenvalue weighted by Crippen LogP contribution is 2.45. The topological polar surface area (TPSA) is 212 Å². The third-order valence-corrected chi connectivity index (χ3v) is 8.93. The predicted octanol–water partition coefficient (Wildman–Crippen LogP) is 1.63. The van der Waals surface area contributed by atoms with Crippen LogP contribution in [0.4, 0.5) is 5.82 Å². The Morgan fingerprint density at radius 1 is 1.29 bits per heavy atom. The number of nitrogens with zero attached hydrogens (tertiary/aromatic N) is 4. The Hall–Kier alpha value is -3.12. The zero-order valence-corrected chi connectivity index (χ0v) is 24.7. The number of rotatable bonds is 14. The number of anilines is 1. The number of aliphatic hydroxyl groups excluding tert-OH is 1. The molecule has 1 aliphatic rings. The first-order chi connectivity index (χ1) is 19.4. The lowest BCUT2D eigenvalue weighted by Crippen LogP contribution is -2.44. The van der Waals surface area contributed by atoms with Gasteiger partial charge in [0.2, 0.25) is 0 Å². The number of nitrogen functional groups attached to an aromatic ring is 1. The average molecular weight is 596 g/mol. The zero-order chi connectivity index (χ0) is 30.4. The Kier molecular flexibility index (Phi) is 10.8. The third-order valence-electron chi connectivity index (χ3n) is 6.98. The van der Waals surface area contributed by atoms with Crippen LogP contribution in [0.1, 0.15) is 58.8 Å². The Labute approximate surface area is 238 Å². The van der Waals surface area contributed by atoms with Gasteiger partial charge in [0.15, 0.2) is 11.4 Å². The summed E-state index contributed by atoms with van der Waals surface area (Å²) >= 11 is 0. The van der Waals surface area contributed by atoms with Crippen LogP contribution in [0, 0.1) is 17.2 Å². The molecule has 6 atom stereocenters. The number of carbonyl (C=O) groups excluding carboxylic acids is 2. The third kappa shape index (κ3) is 7.59. The van der Waals surface area contributed by atoms with E-state index in [1.165, 1.54) is 31.8 Å². The van der Waals surface area contributed by atoms with Gasteiger partial charge in [0, 0.05) is 6.42 Å². The van der Waals surface area contributed by atoms with E-state index in [2.05, 4.69) is 20.3 Å². The van der Waals surface area contributed by atoms with Gasteiger partial charge in [0.05, 0.1) is 32.1 Å². The van der Waals surface area contributed by atoms with E-state index in [0.717, 1.165) is 12.8 Å². The van der Waals surface area contributed by atoms with Crippen molar-refractivity contribution in [3.63, 3.8) is 0 Å². The highest BCUT2D eigenvalue weighted by molar-refractivity contribution is 7.54. The molecule has 15 nitrogen and oxygen atoms in total. The standard InChI is InChI=1S/C25H38N7O8P/c1-6-17(7-2)11-38-24(35)16(4)31-41(36,30-15(3)23(34)37-5)39-13-25(12-26)10-20(33)21(40-25)18-8-9-19-22(27)28-14-29-32(18)19/h8-9,14-17,20-21,33H,6-7,10-11,13H2,1-5H3,(H2,27,28,29)(H2,30,31,36)/t15-,16-,20+,21-,25+,41?/m0/s1. The van der Waals surface area contributed by atoms with Crippen LogP contribution < -0.4 is 15.9 Å². The summed E-state index contributed by atoms with van der Waals surface area (Å²) in [4.78, 5) is 28.7. The fourth-order valence-corrected chi connectivity index (χ4v) is 6.25. The maximum absolute atomic E-state index is 13.9. The van der Waals surface area contributed by atoms with Crippen molar-refractivity contribution in [1.29, 1.82) is 5.26 Å². The molecule has 1 aliphatic heterocycles. The summed E-state index contributed by atoms with van der Waals surface area (Å²) in [6.07, 6.45) is 0.563. The van der Waals surface area contributed by atoms with E-state index in [-0.39, 0.29) is 24.8 Å². The van der Waals surface area contributed by atoms with E-state index in [4.69, 9.17) is 24.5 Å². The zero-order valence-electron chi connectivity index (χ0n) is 23.8. The Bertz CT molecular complexity index is 1310. The molecule has 0 aromatic carbocycles. The van der Waals surface area contributed by atoms with Crippen molar-refractivity contribution in [1.82, 2.24) is 24.8 Å². The number of nitriles is 1. The molecule has 0 amide bonds. The van der Waals surface area contributed by atoms with Crippen LogP contribution in [0.2, 0.25) is 0 Å². The van der Waals surface area contributed by atoms with Gasteiger partial charge in [-0.3, -0.25) is 14.2 Å². The largest absolute Gasteiger partial charge is 0.468 e. The molecular weight excluding hydrogens is 557 g/mol. The van der Waals surface area contributed by atoms with Crippen LogP contribution in [0.3, 0.4) is 0 Å². The number of nitrogens with one attached hydrogen (secondary N) is 2. The monoisotopic (exact) mass is 595 g/mol. The molecule has 0 aliphatic carbocycles. The second kappa shape index (κ2) is 13.7. The molecule has 226 valence electrons. The normalized spacial score (nSPS) is 23.6. The highest BCUT2D eigenvalue weighted by atomic mass is 31.2. The van der Waals surface area contributed by atoms with Crippen LogP contribution in [0.5, 0.6) is 0 Å². The highest BCUT2D eigenvalue weighted by Gasteiger charge is 2.50. The van der Waals surface area contributed by atoms with Crippen molar-refractivity contribution in [3.05, 3.63) is 24.2 Å². The number of aromatic nitrogens is 3. The van der Waals surface area contributed by atoms with E-state index in [1.807, 2.05) is 19.9 Å². The number of hydrogen-bond acceptors (Lipinski definition) is 12. The fourth-order valence-electron chi connectivity index (χ4n) is 4.41. The second-order valence-corrected chi connectivity index (χ2v) is 11.9. The van der Waals surface area contributed by atoms with Crippen LogP contribution >= 0.6 is 7.67 Å². The first kappa shape index (κ1) is 32.4. The van der Waals surface area contributed by atoms with Gasteiger partial charge in [-0.1, -0.05) is 26.7 Å². The number of fused-ring (bicyclic) bond motifs is 1. The Morgan fingerprint density at radius 3 is 2.56 bits per heavy atom. The molecule has 16 heteroatoms. The van der Waals surface area contributed by atoms with Gasteiger partial charge >= 0.3 is 19.6 Å². The molecule has 2 aromatic heterocycles. The summed E-state index contributed by atoms with van der Waals surface area (Å²) in [5.41, 5.74) is 5.07. The number of aliphatic hydroxyl groups is 1. The van der Waals surface area contributed by atoms with Gasteiger partial charge in [-0.2, -0.15) is 10.4 Å². The minimum atomic E-state index is -4.22. The minimum Gasteiger partial charge on any atom is -0.468 e. The van der Waals surface area contributed by atoms with Crippen molar-refractivity contribution < 1.29 is 38.0 Å². The molecule has 3 rings (SSSR count). The lowest BCUT2D eigenvalue weighted by Gasteiger charge is -2.29. The van der Waals surface area contributed by atoms with Crippen LogP contribution in [0.15, 0.2) is 18.5 Å². The number of ether oxygens (including phenoxy) is 3. The van der Waals surface area contributed by atoms with E-state index in [9.17, 15) is 24.5 Å². The van der Waals surface area contributed by atoms with E-state index in [1.54, 1.807) is 12.1 Å². The summed E-state index contributed by atoms with van der Waals surface area (Å²) < 4.78 is 37.1. The second-order valence-electron chi connectivity index (χ2n) is 9.98. The number of hydrogen-bond donors (Lipinski definition) is 4. The van der Waals surface area contributed by atoms with Gasteiger partial charge < -0.3 is 29.6 Å². The fraction of sp³-hybridized carbons (Fsp3) is 0.640. The lowest BCUT2D eigenvalue weighted by atomic mass is 10.0. The molecule has 0 bridgehead atoms. The van der Waals surface area contributed by atoms with Gasteiger partial charge in [-0.25, -0.2) is 19.7 Å². The van der Waals surface area contributed by atoms with Crippen molar-refractivity contribution in [3.8, 4) is 6.07 Å². The summed E-state index contributed by atoms with van der Waals surface area (Å²) in [6.45, 7) is 6.43. The number of esters is 2. The van der Waals surface area contributed by atoms with Gasteiger partial charge in [0.1, 0.15) is 36.1 Å². The molecule has 0 radical (unpaired) electrons. The number of methoxy groups -OCH3 is 1. The predicted molar refractivity (Wildman–Crippen MR) is 146 cm³/mol. The van der Waals surface area contributed by atoms with Crippen LogP contribution in [-0.2, 0) is 32.9 Å². The van der Waals surface area contributed by atoms with E-state index >= 15 is 0 Å². The maximum atomic E-state index is 13.9. The lowest BCUT2D eigenvalue weighted by molar-refractivity contribution is -0.146. The quantitative estimate of drug-likeness (QED) is 0.181. The summed E-state index contributed by atoms with van der Waals surface area (Å²) in [5, 5.41) is 30.2. The van der Waals surface area contributed by atoms with Crippen LogP contribution in [-0.4, -0.2) is 75.8 Å². The van der Waals surface area contributed by atoms with Crippen molar-refractivity contribution in [2.75, 3.05) is 26.1 Å². The van der Waals surface area contributed by atoms with Crippen molar-refractivity contribution in [2.45, 2.75) is 76.9 Å². The van der Waals surface area contributed by atoms with E-state index in [0.29, 0.717) is 11.2 Å². The molecule has 2 aromatic rings. The van der Waals surface area contributed by atoms with Crippen LogP contribution in [0.25, 0.3) is 5.52 Å². The molecule has 1 fully saturated rings. The number of nitrogens with two attached hydrogens (primary N) is 1. The van der Waals surface area contributed by atoms with Crippen molar-refractivity contribution >= 4 is 30.9 Å². The molecule has 1 unspecified atom stereocenters. The molecule has 41 heavy (non-hydrogen) atoms. The SMILES string of the molecule is CCC(CC)COC(=O)[C@H](C)NP(=O)(N[C@@H](C)C(=O)OC)OC[C@]1(C#N)C[C@@H](O)[C@H](c2ccc3c(N)ncnn23)O1. The molecule has 0 spiro atoms. The first-order valence-electron chi connectivity index (χ1n) is 13.3. The Morgan fingerprint density at radius 2 is 1.95 bits per heavy atom. The molecule has 1 saturated heterocycles. The average Bonchev–Trinajstić information content (AvgIpc) is 3.53. The molecule has 0 saturated carbocycles. The summed E-state index contributed by atoms with van der Waals surface area (Å²) in [5.74, 6) is -0.999.